The molecule has 1 aliphatic heterocycles. The van der Waals surface area contributed by atoms with Gasteiger partial charge in [-0.1, -0.05) is 17.7 Å². The Kier molecular flexibility index (Phi) is 5.41. The van der Waals surface area contributed by atoms with Crippen LogP contribution < -0.4 is 10.6 Å². The van der Waals surface area contributed by atoms with Gasteiger partial charge in [-0.25, -0.2) is 0 Å². The molecular formula is C18H24ClN3O2. The fourth-order valence-corrected chi connectivity index (χ4v) is 3.21. The summed E-state index contributed by atoms with van der Waals surface area (Å²) in [6.07, 6.45) is 3.88. The maximum absolute atomic E-state index is 12.2. The third-order valence-electron chi connectivity index (χ3n) is 4.79. The van der Waals surface area contributed by atoms with Crippen LogP contribution in [0.2, 0.25) is 5.02 Å². The topological polar surface area (TPSA) is 61.4 Å². The van der Waals surface area contributed by atoms with Crippen molar-refractivity contribution in [1.29, 1.82) is 0 Å². The van der Waals surface area contributed by atoms with Crippen LogP contribution in [0, 0.1) is 12.8 Å². The quantitative estimate of drug-likeness (QED) is 0.858. The van der Waals surface area contributed by atoms with Gasteiger partial charge in [0.15, 0.2) is 0 Å². The fourth-order valence-electron chi connectivity index (χ4n) is 3.04. The van der Waals surface area contributed by atoms with E-state index < -0.39 is 0 Å². The molecule has 130 valence electrons. The number of likely N-dealkylation sites (tertiary alicyclic amines) is 1. The Morgan fingerprint density at radius 2 is 1.92 bits per heavy atom. The molecule has 2 amide bonds. The minimum atomic E-state index is -0.0270. The summed E-state index contributed by atoms with van der Waals surface area (Å²) in [6.45, 7) is 3.93. The zero-order valence-corrected chi connectivity index (χ0v) is 14.7. The zero-order valence-electron chi connectivity index (χ0n) is 14.0. The number of hydrogen-bond acceptors (Lipinski definition) is 3. The highest BCUT2D eigenvalue weighted by Crippen LogP contribution is 2.29. The lowest BCUT2D eigenvalue weighted by molar-refractivity contribution is -0.123. The number of carbonyl (C=O) groups excluding carboxylic acids is 2. The second-order valence-electron chi connectivity index (χ2n) is 6.79. The molecule has 1 heterocycles. The van der Waals surface area contributed by atoms with E-state index in [4.69, 9.17) is 11.6 Å². The van der Waals surface area contributed by atoms with E-state index in [1.807, 2.05) is 25.1 Å². The van der Waals surface area contributed by atoms with Gasteiger partial charge in [0, 0.05) is 35.8 Å². The highest BCUT2D eigenvalue weighted by atomic mass is 35.5. The number of rotatable bonds is 5. The summed E-state index contributed by atoms with van der Waals surface area (Å²) in [7, 11) is 0. The molecule has 0 unspecified atom stereocenters. The number of amides is 2. The first kappa shape index (κ1) is 17.2. The molecule has 1 saturated carbocycles. The molecule has 6 heteroatoms. The Balaban J connectivity index is 1.43. The summed E-state index contributed by atoms with van der Waals surface area (Å²) in [5.74, 6) is 0.443. The molecule has 24 heavy (non-hydrogen) atoms. The summed E-state index contributed by atoms with van der Waals surface area (Å²) >= 11 is 6.08. The van der Waals surface area contributed by atoms with Crippen molar-refractivity contribution < 1.29 is 9.59 Å². The van der Waals surface area contributed by atoms with Gasteiger partial charge in [0.05, 0.1) is 6.54 Å². The lowest BCUT2D eigenvalue weighted by atomic mass is 10.0. The maximum Gasteiger partial charge on any atom is 0.238 e. The van der Waals surface area contributed by atoms with E-state index >= 15 is 0 Å². The monoisotopic (exact) mass is 349 g/mol. The minimum Gasteiger partial charge on any atom is -0.353 e. The summed E-state index contributed by atoms with van der Waals surface area (Å²) in [5.41, 5.74) is 1.65. The molecule has 0 radical (unpaired) electrons. The molecule has 0 spiro atoms. The molecule has 2 fully saturated rings. The van der Waals surface area contributed by atoms with Crippen molar-refractivity contribution >= 4 is 29.1 Å². The summed E-state index contributed by atoms with van der Waals surface area (Å²) in [6, 6.07) is 5.76. The number of piperidine rings is 1. The van der Waals surface area contributed by atoms with Gasteiger partial charge in [0.1, 0.15) is 0 Å². The van der Waals surface area contributed by atoms with Crippen molar-refractivity contribution in [2.75, 3.05) is 25.0 Å². The second kappa shape index (κ2) is 7.53. The number of nitrogens with one attached hydrogen (secondary N) is 2. The molecule has 1 saturated heterocycles. The van der Waals surface area contributed by atoms with Crippen LogP contribution >= 0.6 is 11.6 Å². The third-order valence-corrected chi connectivity index (χ3v) is 5.20. The first-order chi connectivity index (χ1) is 11.5. The predicted molar refractivity (Wildman–Crippen MR) is 95.1 cm³/mol. The smallest absolute Gasteiger partial charge is 0.238 e. The van der Waals surface area contributed by atoms with E-state index in [1.54, 1.807) is 0 Å². The van der Waals surface area contributed by atoms with E-state index in [0.717, 1.165) is 50.0 Å². The van der Waals surface area contributed by atoms with Gasteiger partial charge in [-0.3, -0.25) is 14.5 Å². The van der Waals surface area contributed by atoms with E-state index in [0.29, 0.717) is 11.6 Å². The van der Waals surface area contributed by atoms with Crippen LogP contribution in [0.3, 0.4) is 0 Å². The number of anilines is 1. The Bertz CT molecular complexity index is 623. The molecule has 1 aromatic rings. The van der Waals surface area contributed by atoms with Gasteiger partial charge in [-0.05, 0) is 50.3 Å². The van der Waals surface area contributed by atoms with Gasteiger partial charge >= 0.3 is 0 Å². The zero-order chi connectivity index (χ0) is 17.1. The standard InChI is InChI=1S/C18H24ClN3O2/c1-12-15(19)3-2-4-16(12)21-17(23)11-22-9-7-14(8-10-22)20-18(24)13-5-6-13/h2-4,13-14H,5-11H2,1H3,(H,20,24)(H,21,23). The van der Waals surface area contributed by atoms with Crippen LogP contribution in [0.25, 0.3) is 0 Å². The lowest BCUT2D eigenvalue weighted by Gasteiger charge is -2.32. The number of carbonyl (C=O) groups is 2. The average molecular weight is 350 g/mol. The maximum atomic E-state index is 12.2. The Morgan fingerprint density at radius 1 is 1.21 bits per heavy atom. The highest BCUT2D eigenvalue weighted by molar-refractivity contribution is 6.31. The SMILES string of the molecule is Cc1c(Cl)cccc1NC(=O)CN1CCC(NC(=O)C2CC2)CC1. The number of halogens is 1. The van der Waals surface area contributed by atoms with Crippen molar-refractivity contribution in [3.63, 3.8) is 0 Å². The van der Waals surface area contributed by atoms with E-state index in [1.165, 1.54) is 0 Å². The third kappa shape index (κ3) is 4.48. The molecule has 0 atom stereocenters. The normalized spacial score (nSPS) is 19.1. The average Bonchev–Trinajstić information content (AvgIpc) is 3.39. The predicted octanol–water partition coefficient (Wildman–Crippen LogP) is 2.58. The van der Waals surface area contributed by atoms with Crippen LogP contribution in [0.1, 0.15) is 31.2 Å². The fraction of sp³-hybridized carbons (Fsp3) is 0.556. The summed E-state index contributed by atoms with van der Waals surface area (Å²) in [4.78, 5) is 26.2. The first-order valence-electron chi connectivity index (χ1n) is 8.60. The van der Waals surface area contributed by atoms with Crippen molar-refractivity contribution in [3.05, 3.63) is 28.8 Å². The Labute approximate surface area is 147 Å². The van der Waals surface area contributed by atoms with Crippen LogP contribution in [0.15, 0.2) is 18.2 Å². The van der Waals surface area contributed by atoms with Crippen molar-refractivity contribution in [1.82, 2.24) is 10.2 Å². The molecule has 2 aliphatic rings. The van der Waals surface area contributed by atoms with Gasteiger partial charge in [-0.15, -0.1) is 0 Å². The molecule has 0 bridgehead atoms. The van der Waals surface area contributed by atoms with E-state index in [-0.39, 0.29) is 23.8 Å². The number of nitrogens with zero attached hydrogens (tertiary/aromatic N) is 1. The van der Waals surface area contributed by atoms with Crippen molar-refractivity contribution in [2.24, 2.45) is 5.92 Å². The van der Waals surface area contributed by atoms with E-state index in [9.17, 15) is 9.59 Å². The van der Waals surface area contributed by atoms with Crippen molar-refractivity contribution in [2.45, 2.75) is 38.6 Å². The van der Waals surface area contributed by atoms with Crippen LogP contribution in [-0.2, 0) is 9.59 Å². The molecule has 0 aromatic heterocycles. The van der Waals surface area contributed by atoms with Crippen LogP contribution in [0.5, 0.6) is 0 Å². The summed E-state index contributed by atoms with van der Waals surface area (Å²) < 4.78 is 0. The molecule has 3 rings (SSSR count). The second-order valence-corrected chi connectivity index (χ2v) is 7.20. The number of benzene rings is 1. The van der Waals surface area contributed by atoms with Gasteiger partial charge in [0.25, 0.3) is 0 Å². The molecule has 1 aromatic carbocycles. The Morgan fingerprint density at radius 3 is 2.58 bits per heavy atom. The largest absolute Gasteiger partial charge is 0.353 e. The Hall–Kier alpha value is -1.59. The first-order valence-corrected chi connectivity index (χ1v) is 8.98. The highest BCUT2D eigenvalue weighted by Gasteiger charge is 2.31. The molecular weight excluding hydrogens is 326 g/mol. The van der Waals surface area contributed by atoms with Crippen LogP contribution in [-0.4, -0.2) is 42.4 Å². The number of hydrogen-bond donors (Lipinski definition) is 2. The van der Waals surface area contributed by atoms with Crippen LogP contribution in [0.4, 0.5) is 5.69 Å². The lowest BCUT2D eigenvalue weighted by Crippen LogP contribution is -2.46. The minimum absolute atomic E-state index is 0.0270. The van der Waals surface area contributed by atoms with Crippen molar-refractivity contribution in [3.8, 4) is 0 Å². The van der Waals surface area contributed by atoms with Gasteiger partial charge < -0.3 is 10.6 Å². The molecule has 2 N–H and O–H groups in total. The van der Waals surface area contributed by atoms with Gasteiger partial charge in [0.2, 0.25) is 11.8 Å². The molecule has 5 nitrogen and oxygen atoms in total. The molecule has 1 aliphatic carbocycles. The van der Waals surface area contributed by atoms with E-state index in [2.05, 4.69) is 15.5 Å². The van der Waals surface area contributed by atoms with Gasteiger partial charge in [-0.2, -0.15) is 0 Å². The summed E-state index contributed by atoms with van der Waals surface area (Å²) in [5, 5.41) is 6.71.